The zero-order valence-electron chi connectivity index (χ0n) is 2.40. The van der Waals surface area contributed by atoms with Crippen LogP contribution in [0.15, 0.2) is 5.21 Å². The smallest absolute Gasteiger partial charge is 0.0343 e. The summed E-state index contributed by atoms with van der Waals surface area (Å²) >= 11 is 0. The molecule has 4 heavy (non-hydrogen) atoms. The largest absolute Gasteiger partial charge is 0.100 e. The molecular formula is C2H4FN. The van der Waals surface area contributed by atoms with Gasteiger partial charge >= 0.3 is 0 Å². The Kier molecular flexibility index (Phi) is 2.34. The Balaban J connectivity index is 2.55. The quantitative estimate of drug-likeness (QED) is 0.370. The topological polar surface area (TPSA) is 12.4 Å². The maximum absolute atomic E-state index is 10.3. The number of halogens is 1. The monoisotopic (exact) mass is 61.0 g/mol. The first-order valence-electron chi connectivity index (χ1n) is 1.00. The second-order valence-electron chi connectivity index (χ2n) is 0.356. The number of rotatable bonds is 0. The van der Waals surface area contributed by atoms with E-state index in [-0.39, 0.29) is 0 Å². The van der Waals surface area contributed by atoms with Gasteiger partial charge in [-0.25, -0.2) is 0 Å². The van der Waals surface area contributed by atoms with E-state index >= 15 is 0 Å². The Morgan fingerprint density at radius 3 is 2.25 bits per heavy atom. The first-order valence-corrected chi connectivity index (χ1v) is 1.00. The minimum Gasteiger partial charge on any atom is -0.100 e. The van der Waals surface area contributed by atoms with Gasteiger partial charge in [0.2, 0.25) is 0 Å². The summed E-state index contributed by atoms with van der Waals surface area (Å²) in [6, 6.07) is 0. The highest BCUT2D eigenvalue weighted by atomic mass is 19.2. The van der Waals surface area contributed by atoms with E-state index < -0.39 is 0 Å². The van der Waals surface area contributed by atoms with Crippen LogP contribution in [0.25, 0.3) is 0 Å². The van der Waals surface area contributed by atoms with Gasteiger partial charge in [-0.15, -0.1) is 5.21 Å². The molecule has 0 amide bonds. The van der Waals surface area contributed by atoms with Gasteiger partial charge in [-0.1, -0.05) is 4.48 Å². The lowest BCUT2D eigenvalue weighted by Gasteiger charge is -1.46. The molecule has 0 radical (unpaired) electrons. The van der Waals surface area contributed by atoms with Crippen molar-refractivity contribution in [3.63, 3.8) is 0 Å². The van der Waals surface area contributed by atoms with Crippen molar-refractivity contribution in [2.24, 2.45) is 5.21 Å². The molecule has 0 aromatic rings. The van der Waals surface area contributed by atoms with Crippen molar-refractivity contribution in [2.45, 2.75) is 6.92 Å². The van der Waals surface area contributed by atoms with E-state index in [4.69, 9.17) is 0 Å². The Morgan fingerprint density at radius 2 is 2.25 bits per heavy atom. The van der Waals surface area contributed by atoms with Crippen LogP contribution in [0.2, 0.25) is 0 Å². The molecule has 0 spiro atoms. The number of nitrogens with zero attached hydrogens (tertiary/aromatic N) is 1. The van der Waals surface area contributed by atoms with Gasteiger partial charge in [0, 0.05) is 6.21 Å². The van der Waals surface area contributed by atoms with Crippen molar-refractivity contribution >= 4 is 6.21 Å². The van der Waals surface area contributed by atoms with E-state index in [0.717, 1.165) is 6.21 Å². The second kappa shape index (κ2) is 2.60. The normalized spacial score (nSPS) is 9.50. The molecule has 24 valence electrons. The van der Waals surface area contributed by atoms with Crippen molar-refractivity contribution in [1.82, 2.24) is 0 Å². The molecule has 0 aromatic carbocycles. The minimum absolute atomic E-state index is 1.08. The van der Waals surface area contributed by atoms with Gasteiger partial charge in [0.15, 0.2) is 0 Å². The molecule has 0 rings (SSSR count). The predicted octanol–water partition coefficient (Wildman–Crippen LogP) is 0.962. The van der Waals surface area contributed by atoms with Crippen molar-refractivity contribution in [3.8, 4) is 0 Å². The molecule has 0 atom stereocenters. The van der Waals surface area contributed by atoms with E-state index in [0.29, 0.717) is 0 Å². The van der Waals surface area contributed by atoms with Crippen molar-refractivity contribution in [3.05, 3.63) is 0 Å². The SMILES string of the molecule is C/C=N/F. The van der Waals surface area contributed by atoms with Crippen LogP contribution >= 0.6 is 0 Å². The van der Waals surface area contributed by atoms with Crippen LogP contribution in [0.1, 0.15) is 6.92 Å². The zero-order valence-corrected chi connectivity index (χ0v) is 2.40. The van der Waals surface area contributed by atoms with Gasteiger partial charge in [-0.05, 0) is 6.92 Å². The molecular weight excluding hydrogens is 57.0 g/mol. The van der Waals surface area contributed by atoms with Crippen LogP contribution in [0, 0.1) is 0 Å². The average Bonchev–Trinajstić information content (AvgIpc) is 1.37. The van der Waals surface area contributed by atoms with Gasteiger partial charge in [-0.2, -0.15) is 0 Å². The summed E-state index contributed by atoms with van der Waals surface area (Å²) in [5, 5.41) is 2.11. The molecule has 0 unspecified atom stereocenters. The van der Waals surface area contributed by atoms with Crippen LogP contribution in [0.4, 0.5) is 4.48 Å². The maximum Gasteiger partial charge on any atom is 0.0343 e. The van der Waals surface area contributed by atoms with Crippen LogP contribution < -0.4 is 0 Å². The Bertz CT molecular complexity index is 21.2. The van der Waals surface area contributed by atoms with Gasteiger partial charge in [0.05, 0.1) is 0 Å². The lowest BCUT2D eigenvalue weighted by Crippen LogP contribution is -1.40. The molecule has 0 fully saturated rings. The highest BCUT2D eigenvalue weighted by Crippen LogP contribution is 1.54. The minimum atomic E-state index is 1.08. The summed E-state index contributed by atoms with van der Waals surface area (Å²) < 4.78 is 10.3. The van der Waals surface area contributed by atoms with Crippen molar-refractivity contribution in [2.75, 3.05) is 0 Å². The van der Waals surface area contributed by atoms with Gasteiger partial charge in [0.1, 0.15) is 0 Å². The standard InChI is InChI=1S/C2H4FN/c1-2-4-3/h2H,1H3/b4-2+. The van der Waals surface area contributed by atoms with Crippen LogP contribution in [0.5, 0.6) is 0 Å². The van der Waals surface area contributed by atoms with Crippen molar-refractivity contribution in [1.29, 1.82) is 0 Å². The Labute approximate surface area is 24.1 Å². The number of hydrogen-bond donors (Lipinski definition) is 0. The number of hydrogen-bond acceptors (Lipinski definition) is 1. The summed E-state index contributed by atoms with van der Waals surface area (Å²) in [5.41, 5.74) is 0. The summed E-state index contributed by atoms with van der Waals surface area (Å²) in [7, 11) is 0. The lowest BCUT2D eigenvalue weighted by molar-refractivity contribution is 0.540. The molecule has 0 saturated heterocycles. The lowest BCUT2D eigenvalue weighted by atomic mass is 10.9. The molecule has 0 bridgehead atoms. The van der Waals surface area contributed by atoms with Gasteiger partial charge in [-0.3, -0.25) is 0 Å². The molecule has 2 heteroatoms. The summed E-state index contributed by atoms with van der Waals surface area (Å²) in [4.78, 5) is 0. The van der Waals surface area contributed by atoms with Crippen LogP contribution in [0.3, 0.4) is 0 Å². The fourth-order valence-electron chi connectivity index (χ4n) is 0. The fraction of sp³-hybridized carbons (Fsp3) is 0.500. The highest BCUT2D eigenvalue weighted by Gasteiger charge is 1.38. The third-order valence-electron chi connectivity index (χ3n) is 0.0976. The summed E-state index contributed by atoms with van der Waals surface area (Å²) in [5.74, 6) is 0. The molecule has 0 aromatic heterocycles. The van der Waals surface area contributed by atoms with Gasteiger partial charge in [0.25, 0.3) is 0 Å². The summed E-state index contributed by atoms with van der Waals surface area (Å²) in [6.45, 7) is 1.51. The molecule has 0 aliphatic rings. The van der Waals surface area contributed by atoms with E-state index in [1.54, 1.807) is 0 Å². The fourth-order valence-corrected chi connectivity index (χ4v) is 0. The van der Waals surface area contributed by atoms with Gasteiger partial charge < -0.3 is 0 Å². The molecule has 1 nitrogen and oxygen atoms in total. The molecule has 0 N–H and O–H groups in total. The molecule has 0 aliphatic heterocycles. The summed E-state index contributed by atoms with van der Waals surface area (Å²) in [6.07, 6.45) is 1.08. The predicted molar refractivity (Wildman–Crippen MR) is 15.3 cm³/mol. The van der Waals surface area contributed by atoms with Crippen molar-refractivity contribution < 1.29 is 4.48 Å². The Morgan fingerprint density at radius 1 is 2.00 bits per heavy atom. The first-order chi connectivity index (χ1) is 1.91. The van der Waals surface area contributed by atoms with E-state index in [2.05, 4.69) is 5.21 Å². The zero-order chi connectivity index (χ0) is 3.41. The molecule has 0 aliphatic carbocycles. The van der Waals surface area contributed by atoms with E-state index in [1.807, 2.05) is 0 Å². The van der Waals surface area contributed by atoms with Crippen LogP contribution in [-0.4, -0.2) is 6.21 Å². The van der Waals surface area contributed by atoms with Crippen LogP contribution in [-0.2, 0) is 0 Å². The molecule has 0 saturated carbocycles. The van der Waals surface area contributed by atoms with E-state index in [1.165, 1.54) is 6.92 Å². The average molecular weight is 61.1 g/mol. The molecule has 0 heterocycles. The maximum atomic E-state index is 10.3. The third kappa shape index (κ3) is 1.60. The Hall–Kier alpha value is -0.400. The third-order valence-corrected chi connectivity index (χ3v) is 0.0976. The van der Waals surface area contributed by atoms with E-state index in [9.17, 15) is 4.48 Å². The highest BCUT2D eigenvalue weighted by molar-refractivity contribution is 5.51. The second-order valence-corrected chi connectivity index (χ2v) is 0.356. The first kappa shape index (κ1) is 3.60.